The van der Waals surface area contributed by atoms with Gasteiger partial charge in [-0.25, -0.2) is 0 Å². The molecule has 0 aliphatic carbocycles. The van der Waals surface area contributed by atoms with Crippen LogP contribution in [0.1, 0.15) is 6.92 Å². The van der Waals surface area contributed by atoms with Crippen molar-refractivity contribution in [1.29, 1.82) is 0 Å². The third kappa shape index (κ3) is 4.78. The first-order valence-corrected chi connectivity index (χ1v) is 9.92. The Morgan fingerprint density at radius 2 is 1.72 bits per heavy atom. The smallest absolute Gasteiger partial charge is 0.248 e. The number of benzene rings is 2. The molecule has 1 aliphatic heterocycles. The van der Waals surface area contributed by atoms with Crippen LogP contribution in [-0.2, 0) is 11.3 Å². The van der Waals surface area contributed by atoms with Gasteiger partial charge in [-0.1, -0.05) is 37.3 Å². The molecule has 29 heavy (non-hydrogen) atoms. The van der Waals surface area contributed by atoms with E-state index < -0.39 is 0 Å². The number of carbonyl (C=O) groups excluding carboxylic acids is 1. The number of carbonyl (C=O) groups is 1. The maximum atomic E-state index is 12.3. The van der Waals surface area contributed by atoms with Gasteiger partial charge >= 0.3 is 0 Å². The average molecular weight is 391 g/mol. The number of nitrogens with one attached hydrogen (secondary N) is 1. The van der Waals surface area contributed by atoms with Crippen molar-refractivity contribution in [3.8, 4) is 11.4 Å². The SMILES string of the molecule is CCN1CCN(c2ccc(NC(=O)Cn3nnc(-c4ccccc4)n3)cc2)CC1. The maximum Gasteiger partial charge on any atom is 0.248 e. The van der Waals surface area contributed by atoms with Crippen molar-refractivity contribution < 1.29 is 4.79 Å². The van der Waals surface area contributed by atoms with Gasteiger partial charge in [0.1, 0.15) is 6.54 Å². The van der Waals surface area contributed by atoms with Crippen LogP contribution in [0.25, 0.3) is 11.4 Å². The van der Waals surface area contributed by atoms with Gasteiger partial charge in [0.2, 0.25) is 11.7 Å². The van der Waals surface area contributed by atoms with Gasteiger partial charge in [0.05, 0.1) is 0 Å². The first-order valence-electron chi connectivity index (χ1n) is 9.92. The van der Waals surface area contributed by atoms with Gasteiger partial charge in [-0.05, 0) is 36.0 Å². The third-order valence-electron chi connectivity index (χ3n) is 5.11. The molecule has 2 heterocycles. The maximum absolute atomic E-state index is 12.3. The number of rotatable bonds is 6. The van der Waals surface area contributed by atoms with E-state index in [1.807, 2.05) is 42.5 Å². The van der Waals surface area contributed by atoms with Gasteiger partial charge in [-0.15, -0.1) is 10.2 Å². The van der Waals surface area contributed by atoms with Crippen LogP contribution >= 0.6 is 0 Å². The van der Waals surface area contributed by atoms with Crippen molar-refractivity contribution in [1.82, 2.24) is 25.1 Å². The summed E-state index contributed by atoms with van der Waals surface area (Å²) in [5.74, 6) is 0.317. The van der Waals surface area contributed by atoms with Gasteiger partial charge in [-0.2, -0.15) is 4.80 Å². The number of anilines is 2. The van der Waals surface area contributed by atoms with E-state index >= 15 is 0 Å². The molecule has 0 atom stereocenters. The number of nitrogens with zero attached hydrogens (tertiary/aromatic N) is 6. The summed E-state index contributed by atoms with van der Waals surface area (Å²) in [5, 5.41) is 15.1. The highest BCUT2D eigenvalue weighted by atomic mass is 16.2. The first-order chi connectivity index (χ1) is 14.2. The quantitative estimate of drug-likeness (QED) is 0.693. The predicted octanol–water partition coefficient (Wildman–Crippen LogP) is 2.12. The molecule has 1 fully saturated rings. The minimum atomic E-state index is -0.189. The Bertz CT molecular complexity index is 931. The molecule has 1 amide bonds. The summed E-state index contributed by atoms with van der Waals surface area (Å²) in [5.41, 5.74) is 2.81. The van der Waals surface area contributed by atoms with Crippen LogP contribution in [0.3, 0.4) is 0 Å². The molecule has 0 spiro atoms. The standard InChI is InChI=1S/C21H25N7O/c1-2-26-12-14-27(15-13-26)19-10-8-18(9-11-19)22-20(29)16-28-24-21(23-25-28)17-6-4-3-5-7-17/h3-11H,2,12-16H2,1H3,(H,22,29). The highest BCUT2D eigenvalue weighted by Crippen LogP contribution is 2.19. The zero-order valence-electron chi connectivity index (χ0n) is 16.5. The first kappa shape index (κ1) is 19.1. The number of tetrazole rings is 1. The Labute approximate surface area is 170 Å². The molecule has 3 aromatic rings. The fraction of sp³-hybridized carbons (Fsp3) is 0.333. The molecule has 1 aliphatic rings. The van der Waals surface area contributed by atoms with Crippen molar-refractivity contribution in [2.75, 3.05) is 42.9 Å². The minimum Gasteiger partial charge on any atom is -0.369 e. The van der Waals surface area contributed by atoms with Crippen LogP contribution in [-0.4, -0.2) is 63.7 Å². The molecule has 2 aromatic carbocycles. The van der Waals surface area contributed by atoms with Crippen molar-refractivity contribution in [2.24, 2.45) is 0 Å². The number of hydrogen-bond donors (Lipinski definition) is 1. The average Bonchev–Trinajstić information content (AvgIpc) is 3.23. The summed E-state index contributed by atoms with van der Waals surface area (Å²) in [6.45, 7) is 7.55. The molecule has 4 rings (SSSR count). The van der Waals surface area contributed by atoms with E-state index in [0.717, 1.165) is 44.0 Å². The van der Waals surface area contributed by atoms with Crippen LogP contribution in [0.2, 0.25) is 0 Å². The number of likely N-dealkylation sites (N-methyl/N-ethyl adjacent to an activating group) is 1. The Balaban J connectivity index is 1.31. The lowest BCUT2D eigenvalue weighted by Gasteiger charge is -2.35. The highest BCUT2D eigenvalue weighted by molar-refractivity contribution is 5.90. The summed E-state index contributed by atoms with van der Waals surface area (Å²) in [6, 6.07) is 17.5. The molecular formula is C21H25N7O. The zero-order valence-corrected chi connectivity index (χ0v) is 16.5. The summed E-state index contributed by atoms with van der Waals surface area (Å²) < 4.78 is 0. The Morgan fingerprint density at radius 3 is 2.41 bits per heavy atom. The van der Waals surface area contributed by atoms with Crippen LogP contribution in [0, 0.1) is 0 Å². The second kappa shape index (κ2) is 8.83. The summed E-state index contributed by atoms with van der Waals surface area (Å²) >= 11 is 0. The summed E-state index contributed by atoms with van der Waals surface area (Å²) in [4.78, 5) is 18.5. The molecule has 1 saturated heterocycles. The predicted molar refractivity (Wildman–Crippen MR) is 113 cm³/mol. The minimum absolute atomic E-state index is 0.0144. The Hall–Kier alpha value is -3.26. The van der Waals surface area contributed by atoms with Crippen molar-refractivity contribution in [3.05, 3.63) is 54.6 Å². The fourth-order valence-electron chi connectivity index (χ4n) is 3.42. The van der Waals surface area contributed by atoms with Gasteiger partial charge in [0.25, 0.3) is 0 Å². The van der Waals surface area contributed by atoms with Crippen LogP contribution in [0.5, 0.6) is 0 Å². The van der Waals surface area contributed by atoms with Crippen LogP contribution < -0.4 is 10.2 Å². The van der Waals surface area contributed by atoms with E-state index in [0.29, 0.717) is 5.82 Å². The van der Waals surface area contributed by atoms with Gasteiger partial charge in [0.15, 0.2) is 0 Å². The molecule has 1 N–H and O–H groups in total. The summed E-state index contributed by atoms with van der Waals surface area (Å²) in [6.07, 6.45) is 0. The van der Waals surface area contributed by atoms with E-state index in [-0.39, 0.29) is 12.5 Å². The molecule has 1 aromatic heterocycles. The third-order valence-corrected chi connectivity index (χ3v) is 5.11. The highest BCUT2D eigenvalue weighted by Gasteiger charge is 2.16. The van der Waals surface area contributed by atoms with E-state index in [4.69, 9.17) is 0 Å². The van der Waals surface area contributed by atoms with Crippen LogP contribution in [0.4, 0.5) is 11.4 Å². The second-order valence-electron chi connectivity index (χ2n) is 7.03. The Morgan fingerprint density at radius 1 is 1.00 bits per heavy atom. The van der Waals surface area contributed by atoms with E-state index in [2.05, 4.69) is 49.6 Å². The molecule has 150 valence electrons. The van der Waals surface area contributed by atoms with E-state index in [9.17, 15) is 4.79 Å². The van der Waals surface area contributed by atoms with Gasteiger partial charge < -0.3 is 15.1 Å². The van der Waals surface area contributed by atoms with Crippen LogP contribution in [0.15, 0.2) is 54.6 Å². The van der Waals surface area contributed by atoms with Crippen molar-refractivity contribution in [3.63, 3.8) is 0 Å². The molecule has 8 nitrogen and oxygen atoms in total. The van der Waals surface area contributed by atoms with Gasteiger partial charge in [0, 0.05) is 43.1 Å². The molecule has 0 saturated carbocycles. The zero-order chi connectivity index (χ0) is 20.1. The number of aromatic nitrogens is 4. The molecule has 0 radical (unpaired) electrons. The number of amides is 1. The normalized spacial score (nSPS) is 14.7. The fourth-order valence-corrected chi connectivity index (χ4v) is 3.42. The van der Waals surface area contributed by atoms with E-state index in [1.54, 1.807) is 0 Å². The Kier molecular flexibility index (Phi) is 5.81. The lowest BCUT2D eigenvalue weighted by molar-refractivity contribution is -0.117. The van der Waals surface area contributed by atoms with Crippen molar-refractivity contribution in [2.45, 2.75) is 13.5 Å². The molecule has 8 heteroatoms. The summed E-state index contributed by atoms with van der Waals surface area (Å²) in [7, 11) is 0. The molecular weight excluding hydrogens is 366 g/mol. The molecule has 0 bridgehead atoms. The lowest BCUT2D eigenvalue weighted by Crippen LogP contribution is -2.46. The van der Waals surface area contributed by atoms with Crippen molar-refractivity contribution >= 4 is 17.3 Å². The largest absolute Gasteiger partial charge is 0.369 e. The monoisotopic (exact) mass is 391 g/mol. The van der Waals surface area contributed by atoms with E-state index in [1.165, 1.54) is 10.5 Å². The van der Waals surface area contributed by atoms with Gasteiger partial charge in [-0.3, -0.25) is 4.79 Å². The lowest BCUT2D eigenvalue weighted by atomic mass is 10.2. The number of hydrogen-bond acceptors (Lipinski definition) is 6. The topological polar surface area (TPSA) is 79.2 Å². The molecule has 0 unspecified atom stereocenters. The second-order valence-corrected chi connectivity index (χ2v) is 7.03. The number of piperazine rings is 1.